The number of hydrogen-bond acceptors (Lipinski definition) is 6. The van der Waals surface area contributed by atoms with E-state index in [9.17, 15) is 9.59 Å². The summed E-state index contributed by atoms with van der Waals surface area (Å²) in [6.07, 6.45) is 1.70. The fourth-order valence-electron chi connectivity index (χ4n) is 4.80. The number of likely N-dealkylation sites (tertiary alicyclic amines) is 1. The van der Waals surface area contributed by atoms with Crippen molar-refractivity contribution in [1.82, 2.24) is 14.8 Å². The molecule has 1 N–H and O–H groups in total. The van der Waals surface area contributed by atoms with E-state index in [2.05, 4.69) is 14.8 Å². The van der Waals surface area contributed by atoms with Gasteiger partial charge in [0.05, 0.1) is 11.4 Å². The Hall–Kier alpha value is -3.10. The number of Topliss-reactive ketones (excluding diaryl/α,β-unsaturated/α-hetero) is 1. The number of aromatic nitrogens is 1. The molecule has 1 fully saturated rings. The van der Waals surface area contributed by atoms with Gasteiger partial charge >= 0.3 is 0 Å². The number of thiophene rings is 1. The van der Waals surface area contributed by atoms with Crippen molar-refractivity contribution >= 4 is 23.0 Å². The summed E-state index contributed by atoms with van der Waals surface area (Å²) in [6.45, 7) is 7.08. The second-order valence-electron chi connectivity index (χ2n) is 8.87. The summed E-state index contributed by atoms with van der Waals surface area (Å²) in [5.74, 6) is 1.61. The van der Waals surface area contributed by atoms with E-state index in [-0.39, 0.29) is 17.7 Å². The highest BCUT2D eigenvalue weighted by atomic mass is 32.1. The van der Waals surface area contributed by atoms with E-state index < -0.39 is 0 Å². The highest BCUT2D eigenvalue weighted by molar-refractivity contribution is 7.12. The van der Waals surface area contributed by atoms with E-state index in [1.807, 2.05) is 55.6 Å². The van der Waals surface area contributed by atoms with Crippen LogP contribution in [0.15, 0.2) is 41.8 Å². The summed E-state index contributed by atoms with van der Waals surface area (Å²) >= 11 is 1.45. The molecule has 1 aromatic carbocycles. The van der Waals surface area contributed by atoms with Crippen LogP contribution in [0.5, 0.6) is 11.5 Å². The van der Waals surface area contributed by atoms with E-state index in [0.29, 0.717) is 19.8 Å². The first kappa shape index (κ1) is 22.7. The number of fused-ring (bicyclic) bond motifs is 1. The maximum Gasteiger partial charge on any atom is 0.261 e. The first-order chi connectivity index (χ1) is 16.5. The summed E-state index contributed by atoms with van der Waals surface area (Å²) in [6, 6.07) is 11.7. The lowest BCUT2D eigenvalue weighted by Crippen LogP contribution is -2.45. The number of aryl methyl sites for hydroxylation is 1. The molecule has 2 aliphatic heterocycles. The van der Waals surface area contributed by atoms with Crippen LogP contribution in [0.4, 0.5) is 0 Å². The number of nitrogens with one attached hydrogen (secondary N) is 1. The standard InChI is InChI=1S/C26H29N3O4S/c1-17-14-21(18(2)29(17)20-5-6-23-24(15-20)33-12-11-32-23)22(30)16-28-9-7-19(8-10-28)27-26(31)25-4-3-13-34-25/h3-6,13-15,19H,7-12,16H2,1-2H3,(H,27,31). The number of ketones is 1. The third kappa shape index (κ3) is 4.60. The van der Waals surface area contributed by atoms with Crippen molar-refractivity contribution in [2.24, 2.45) is 0 Å². The molecule has 3 aromatic rings. The lowest BCUT2D eigenvalue weighted by Gasteiger charge is -2.31. The number of ether oxygens (including phenoxy) is 2. The molecular weight excluding hydrogens is 450 g/mol. The van der Waals surface area contributed by atoms with Crippen molar-refractivity contribution in [3.05, 3.63) is 63.6 Å². The highest BCUT2D eigenvalue weighted by Crippen LogP contribution is 2.33. The Morgan fingerprint density at radius 1 is 1.06 bits per heavy atom. The van der Waals surface area contributed by atoms with Crippen molar-refractivity contribution in [2.45, 2.75) is 32.7 Å². The molecular formula is C26H29N3O4S. The molecule has 2 aromatic heterocycles. The van der Waals surface area contributed by atoms with Gasteiger partial charge in [-0.05, 0) is 56.3 Å². The zero-order valence-corrected chi connectivity index (χ0v) is 20.3. The summed E-state index contributed by atoms with van der Waals surface area (Å²) < 4.78 is 13.5. The number of hydrogen-bond donors (Lipinski definition) is 1. The van der Waals surface area contributed by atoms with Crippen LogP contribution in [0.1, 0.15) is 44.3 Å². The molecule has 8 heteroatoms. The maximum absolute atomic E-state index is 13.2. The van der Waals surface area contributed by atoms with E-state index in [0.717, 1.165) is 64.9 Å². The smallest absolute Gasteiger partial charge is 0.261 e. The molecule has 0 saturated carbocycles. The van der Waals surface area contributed by atoms with Crippen molar-refractivity contribution in [3.8, 4) is 17.2 Å². The monoisotopic (exact) mass is 479 g/mol. The van der Waals surface area contributed by atoms with Gasteiger partial charge in [0, 0.05) is 47.8 Å². The number of carbonyl (C=O) groups excluding carboxylic acids is 2. The largest absolute Gasteiger partial charge is 0.486 e. The summed E-state index contributed by atoms with van der Waals surface area (Å²) in [5.41, 5.74) is 3.64. The molecule has 0 aliphatic carbocycles. The van der Waals surface area contributed by atoms with Gasteiger partial charge in [0.15, 0.2) is 17.3 Å². The molecule has 7 nitrogen and oxygen atoms in total. The zero-order chi connectivity index (χ0) is 23.7. The average molecular weight is 480 g/mol. The number of piperidine rings is 1. The van der Waals surface area contributed by atoms with Gasteiger partial charge in [0.2, 0.25) is 0 Å². The number of benzene rings is 1. The highest BCUT2D eigenvalue weighted by Gasteiger charge is 2.25. The maximum atomic E-state index is 13.2. The van der Waals surface area contributed by atoms with Gasteiger partial charge in [-0.25, -0.2) is 0 Å². The molecule has 4 heterocycles. The van der Waals surface area contributed by atoms with Crippen molar-refractivity contribution < 1.29 is 19.1 Å². The predicted octanol–water partition coefficient (Wildman–Crippen LogP) is 4.00. The third-order valence-corrected chi connectivity index (χ3v) is 7.42. The van der Waals surface area contributed by atoms with Gasteiger partial charge in [-0.1, -0.05) is 6.07 Å². The minimum absolute atomic E-state index is 0.00361. The fourth-order valence-corrected chi connectivity index (χ4v) is 5.43. The minimum atomic E-state index is -0.00361. The van der Waals surface area contributed by atoms with Crippen LogP contribution in [-0.2, 0) is 0 Å². The molecule has 0 radical (unpaired) electrons. The zero-order valence-electron chi connectivity index (χ0n) is 19.5. The van der Waals surface area contributed by atoms with Crippen LogP contribution in [0, 0.1) is 13.8 Å². The molecule has 0 unspecified atom stereocenters. The Bertz CT molecular complexity index is 1190. The fraction of sp³-hybridized carbons (Fsp3) is 0.385. The Kier molecular flexibility index (Phi) is 6.43. The normalized spacial score (nSPS) is 16.4. The van der Waals surface area contributed by atoms with Crippen LogP contribution in [0.2, 0.25) is 0 Å². The number of amides is 1. The molecule has 0 spiro atoms. The van der Waals surface area contributed by atoms with Crippen LogP contribution < -0.4 is 14.8 Å². The number of carbonyl (C=O) groups is 2. The van der Waals surface area contributed by atoms with E-state index in [1.165, 1.54) is 11.3 Å². The van der Waals surface area contributed by atoms with E-state index in [4.69, 9.17) is 9.47 Å². The Morgan fingerprint density at radius 2 is 1.82 bits per heavy atom. The Morgan fingerprint density at radius 3 is 2.56 bits per heavy atom. The summed E-state index contributed by atoms with van der Waals surface area (Å²) in [7, 11) is 0. The van der Waals surface area contributed by atoms with Crippen molar-refractivity contribution in [1.29, 1.82) is 0 Å². The lowest BCUT2D eigenvalue weighted by atomic mass is 10.0. The van der Waals surface area contributed by atoms with Gasteiger partial charge in [-0.3, -0.25) is 14.5 Å². The van der Waals surface area contributed by atoms with Crippen molar-refractivity contribution in [2.75, 3.05) is 32.8 Å². The number of rotatable bonds is 6. The lowest BCUT2D eigenvalue weighted by molar-refractivity contribution is 0.0860. The van der Waals surface area contributed by atoms with Crippen LogP contribution in [0.25, 0.3) is 5.69 Å². The second-order valence-corrected chi connectivity index (χ2v) is 9.82. The Balaban J connectivity index is 1.22. The third-order valence-electron chi connectivity index (χ3n) is 6.55. The first-order valence-corrected chi connectivity index (χ1v) is 12.6. The quantitative estimate of drug-likeness (QED) is 0.541. The molecule has 2 aliphatic rings. The molecule has 0 atom stereocenters. The molecule has 5 rings (SSSR count). The van der Waals surface area contributed by atoms with Crippen LogP contribution in [-0.4, -0.2) is 60.0 Å². The Labute approximate surface area is 203 Å². The van der Waals surface area contributed by atoms with Crippen molar-refractivity contribution in [3.63, 3.8) is 0 Å². The molecule has 34 heavy (non-hydrogen) atoms. The van der Waals surface area contributed by atoms with Gasteiger partial charge in [-0.15, -0.1) is 11.3 Å². The first-order valence-electron chi connectivity index (χ1n) is 11.7. The number of nitrogens with zero attached hydrogens (tertiary/aromatic N) is 2. The molecule has 0 bridgehead atoms. The molecule has 178 valence electrons. The topological polar surface area (TPSA) is 72.8 Å². The van der Waals surface area contributed by atoms with Crippen LogP contribution in [0.3, 0.4) is 0 Å². The van der Waals surface area contributed by atoms with Gasteiger partial charge in [0.25, 0.3) is 5.91 Å². The van der Waals surface area contributed by atoms with Gasteiger partial charge in [0.1, 0.15) is 13.2 Å². The van der Waals surface area contributed by atoms with Crippen LogP contribution >= 0.6 is 11.3 Å². The SMILES string of the molecule is Cc1cc(C(=O)CN2CCC(NC(=O)c3cccs3)CC2)c(C)n1-c1ccc2c(c1)OCCO2. The van der Waals surface area contributed by atoms with E-state index in [1.54, 1.807) is 0 Å². The minimum Gasteiger partial charge on any atom is -0.486 e. The summed E-state index contributed by atoms with van der Waals surface area (Å²) in [4.78, 5) is 28.4. The predicted molar refractivity (Wildman–Crippen MR) is 132 cm³/mol. The second kappa shape index (κ2) is 9.64. The average Bonchev–Trinajstić information content (AvgIpc) is 3.48. The molecule has 1 amide bonds. The van der Waals surface area contributed by atoms with E-state index >= 15 is 0 Å². The van der Waals surface area contributed by atoms with Gasteiger partial charge in [-0.2, -0.15) is 0 Å². The van der Waals surface area contributed by atoms with Gasteiger partial charge < -0.3 is 19.4 Å². The summed E-state index contributed by atoms with van der Waals surface area (Å²) in [5, 5.41) is 5.03. The molecule has 1 saturated heterocycles.